The van der Waals surface area contributed by atoms with Crippen molar-refractivity contribution in [1.82, 2.24) is 14.8 Å². The summed E-state index contributed by atoms with van der Waals surface area (Å²) >= 11 is 6.23. The van der Waals surface area contributed by atoms with Gasteiger partial charge in [-0.1, -0.05) is 16.8 Å². The Morgan fingerprint density at radius 2 is 2.16 bits per heavy atom. The lowest BCUT2D eigenvalue weighted by Crippen LogP contribution is -2.39. The van der Waals surface area contributed by atoms with E-state index in [4.69, 9.17) is 11.6 Å². The summed E-state index contributed by atoms with van der Waals surface area (Å²) in [6.45, 7) is 1.88. The molecule has 2 heterocycles. The van der Waals surface area contributed by atoms with Crippen molar-refractivity contribution in [3.8, 4) is 5.69 Å². The van der Waals surface area contributed by atoms with Crippen LogP contribution in [-0.2, 0) is 20.4 Å². The SMILES string of the molecule is CCN(C(=O)C(CS(=O)CCCC(F)(F)F)=NOC)c1cn(-c2cccnc2)nc1Cl. The number of pyridine rings is 1. The summed E-state index contributed by atoms with van der Waals surface area (Å²) in [5.74, 6) is -1.21. The lowest BCUT2D eigenvalue weighted by atomic mass is 10.3. The fourth-order valence-corrected chi connectivity index (χ4v) is 3.95. The summed E-state index contributed by atoms with van der Waals surface area (Å²) in [4.78, 5) is 23.0. The summed E-state index contributed by atoms with van der Waals surface area (Å²) < 4.78 is 50.5. The van der Waals surface area contributed by atoms with E-state index in [0.29, 0.717) is 5.69 Å². The molecule has 2 aromatic rings. The van der Waals surface area contributed by atoms with Crippen molar-refractivity contribution in [1.29, 1.82) is 0 Å². The molecule has 1 unspecified atom stereocenters. The fourth-order valence-electron chi connectivity index (χ4n) is 2.62. The zero-order valence-electron chi connectivity index (χ0n) is 16.8. The molecule has 1 amide bonds. The second-order valence-electron chi connectivity index (χ2n) is 6.24. The van der Waals surface area contributed by atoms with E-state index in [1.165, 1.54) is 22.9 Å². The van der Waals surface area contributed by atoms with Crippen LogP contribution in [0.2, 0.25) is 5.15 Å². The zero-order chi connectivity index (χ0) is 23.0. The minimum absolute atomic E-state index is 0.0436. The maximum absolute atomic E-state index is 13.0. The number of nitrogens with zero attached hydrogens (tertiary/aromatic N) is 5. The number of oxime groups is 1. The van der Waals surface area contributed by atoms with Crippen molar-refractivity contribution in [3.05, 3.63) is 35.9 Å². The summed E-state index contributed by atoms with van der Waals surface area (Å²) in [5.41, 5.74) is 0.709. The van der Waals surface area contributed by atoms with Crippen LogP contribution in [-0.4, -0.2) is 61.9 Å². The van der Waals surface area contributed by atoms with Crippen molar-refractivity contribution in [3.63, 3.8) is 0 Å². The van der Waals surface area contributed by atoms with Crippen LogP contribution in [0, 0.1) is 0 Å². The molecule has 0 N–H and O–H groups in total. The van der Waals surface area contributed by atoms with E-state index >= 15 is 0 Å². The first kappa shape index (κ1) is 24.8. The van der Waals surface area contributed by atoms with Gasteiger partial charge in [0, 0.05) is 35.7 Å². The molecule has 0 spiro atoms. The third-order valence-corrected chi connectivity index (χ3v) is 5.60. The third kappa shape index (κ3) is 7.31. The molecule has 31 heavy (non-hydrogen) atoms. The first-order chi connectivity index (χ1) is 14.7. The normalized spacial score (nSPS) is 13.2. The van der Waals surface area contributed by atoms with E-state index in [-0.39, 0.29) is 41.0 Å². The molecule has 0 bridgehead atoms. The van der Waals surface area contributed by atoms with Gasteiger partial charge < -0.3 is 9.74 Å². The van der Waals surface area contributed by atoms with Crippen LogP contribution in [0.25, 0.3) is 5.69 Å². The van der Waals surface area contributed by atoms with Gasteiger partial charge in [0.2, 0.25) is 0 Å². The highest BCUT2D eigenvalue weighted by Crippen LogP contribution is 2.26. The van der Waals surface area contributed by atoms with Crippen LogP contribution < -0.4 is 4.90 Å². The molecule has 8 nitrogen and oxygen atoms in total. The molecule has 0 aromatic carbocycles. The van der Waals surface area contributed by atoms with Crippen molar-refractivity contribution >= 4 is 39.7 Å². The van der Waals surface area contributed by atoms with Gasteiger partial charge in [0.1, 0.15) is 12.8 Å². The van der Waals surface area contributed by atoms with Crippen molar-refractivity contribution < 1.29 is 27.0 Å². The van der Waals surface area contributed by atoms with Gasteiger partial charge in [-0.3, -0.25) is 14.0 Å². The molecule has 0 aliphatic heterocycles. The molecule has 1 atom stereocenters. The van der Waals surface area contributed by atoms with E-state index in [9.17, 15) is 22.2 Å². The number of hydrogen-bond donors (Lipinski definition) is 0. The Hall–Kier alpha value is -2.47. The Morgan fingerprint density at radius 3 is 2.74 bits per heavy atom. The molecule has 0 fully saturated rings. The first-order valence-corrected chi connectivity index (χ1v) is 11.0. The van der Waals surface area contributed by atoms with Crippen molar-refractivity contribution in [2.45, 2.75) is 25.9 Å². The molecule has 0 saturated heterocycles. The van der Waals surface area contributed by atoms with Gasteiger partial charge in [0.15, 0.2) is 10.9 Å². The second-order valence-corrected chi connectivity index (χ2v) is 8.17. The summed E-state index contributed by atoms with van der Waals surface area (Å²) in [5, 5.41) is 7.86. The molecule has 0 radical (unpaired) electrons. The number of rotatable bonds is 10. The molecule has 170 valence electrons. The van der Waals surface area contributed by atoms with Crippen molar-refractivity contribution in [2.75, 3.05) is 30.1 Å². The van der Waals surface area contributed by atoms with E-state index in [2.05, 4.69) is 20.1 Å². The maximum Gasteiger partial charge on any atom is 0.389 e. The van der Waals surface area contributed by atoms with Gasteiger partial charge in [0.25, 0.3) is 5.91 Å². The standard InChI is InChI=1S/C18H21ClF3N5O3S/c1-3-26(15-11-27(24-16(15)19)13-6-4-8-23-10-13)17(28)14(25-30-2)12-31(29)9-5-7-18(20,21)22/h4,6,8,10-11H,3,5,7,9,12H2,1-2H3. The fraction of sp³-hybridized carbons (Fsp3) is 0.444. The van der Waals surface area contributed by atoms with Gasteiger partial charge in [-0.2, -0.15) is 18.3 Å². The predicted octanol–water partition coefficient (Wildman–Crippen LogP) is 3.37. The Labute approximate surface area is 184 Å². The van der Waals surface area contributed by atoms with E-state index in [1.807, 2.05) is 0 Å². The van der Waals surface area contributed by atoms with Crippen molar-refractivity contribution in [2.24, 2.45) is 5.16 Å². The minimum atomic E-state index is -4.33. The van der Waals surface area contributed by atoms with Crippen LogP contribution >= 0.6 is 11.6 Å². The van der Waals surface area contributed by atoms with Gasteiger partial charge in [-0.05, 0) is 25.5 Å². The Morgan fingerprint density at radius 1 is 1.42 bits per heavy atom. The molecule has 2 rings (SSSR count). The summed E-state index contributed by atoms with van der Waals surface area (Å²) in [6.07, 6.45) is -0.995. The van der Waals surface area contributed by atoms with Crippen LogP contribution in [0.1, 0.15) is 19.8 Å². The van der Waals surface area contributed by atoms with Gasteiger partial charge in [-0.25, -0.2) is 4.68 Å². The van der Waals surface area contributed by atoms with E-state index < -0.39 is 29.3 Å². The zero-order valence-corrected chi connectivity index (χ0v) is 18.4. The monoisotopic (exact) mass is 479 g/mol. The number of amides is 1. The highest BCUT2D eigenvalue weighted by molar-refractivity contribution is 7.85. The number of carbonyl (C=O) groups is 1. The van der Waals surface area contributed by atoms with Gasteiger partial charge >= 0.3 is 6.18 Å². The highest BCUT2D eigenvalue weighted by atomic mass is 35.5. The predicted molar refractivity (Wildman–Crippen MR) is 112 cm³/mol. The smallest absolute Gasteiger partial charge is 0.389 e. The first-order valence-electron chi connectivity index (χ1n) is 9.15. The molecule has 0 saturated carbocycles. The lowest BCUT2D eigenvalue weighted by Gasteiger charge is -2.20. The van der Waals surface area contributed by atoms with Crippen LogP contribution in [0.4, 0.5) is 18.9 Å². The largest absolute Gasteiger partial charge is 0.399 e. The molecular formula is C18H21ClF3N5O3S. The van der Waals surface area contributed by atoms with Gasteiger partial charge in [-0.15, -0.1) is 0 Å². The maximum atomic E-state index is 13.0. The van der Waals surface area contributed by atoms with Crippen LogP contribution in [0.15, 0.2) is 35.9 Å². The van der Waals surface area contributed by atoms with Crippen LogP contribution in [0.3, 0.4) is 0 Å². The average molecular weight is 480 g/mol. The third-order valence-electron chi connectivity index (χ3n) is 3.99. The molecular weight excluding hydrogens is 459 g/mol. The minimum Gasteiger partial charge on any atom is -0.399 e. The van der Waals surface area contributed by atoms with Crippen LogP contribution in [0.5, 0.6) is 0 Å². The van der Waals surface area contributed by atoms with Gasteiger partial charge in [0.05, 0.1) is 23.8 Å². The molecule has 0 aliphatic rings. The summed E-state index contributed by atoms with van der Waals surface area (Å²) in [7, 11) is -0.520. The van der Waals surface area contributed by atoms with E-state index in [0.717, 1.165) is 0 Å². The number of hydrogen-bond acceptors (Lipinski definition) is 6. The number of aromatic nitrogens is 3. The lowest BCUT2D eigenvalue weighted by molar-refractivity contribution is -0.134. The molecule has 13 heteroatoms. The quantitative estimate of drug-likeness (QED) is 0.385. The topological polar surface area (TPSA) is 89.7 Å². The number of anilines is 1. The summed E-state index contributed by atoms with van der Waals surface area (Å²) in [6, 6.07) is 3.46. The Balaban J connectivity index is 2.17. The number of carbonyl (C=O) groups excluding carboxylic acids is 1. The van der Waals surface area contributed by atoms with E-state index in [1.54, 1.807) is 31.5 Å². The highest BCUT2D eigenvalue weighted by Gasteiger charge is 2.28. The number of halogens is 4. The second kappa shape index (κ2) is 11.2. The average Bonchev–Trinajstić information content (AvgIpc) is 3.09. The Bertz CT molecular complexity index is 937. The molecule has 0 aliphatic carbocycles. The Kier molecular flexibility index (Phi) is 8.99. The molecule has 2 aromatic heterocycles. The number of alkyl halides is 3.